The van der Waals surface area contributed by atoms with Crippen LogP contribution in [0, 0.1) is 5.41 Å². The van der Waals surface area contributed by atoms with Crippen molar-refractivity contribution < 1.29 is 0 Å². The van der Waals surface area contributed by atoms with E-state index >= 15 is 0 Å². The van der Waals surface area contributed by atoms with Gasteiger partial charge < -0.3 is 11.5 Å². The molecule has 0 amide bonds. The van der Waals surface area contributed by atoms with Crippen LogP contribution < -0.4 is 11.5 Å². The Balaban J connectivity index is 2.87. The molecule has 78 valence electrons. The zero-order valence-electron chi connectivity index (χ0n) is 9.30. The van der Waals surface area contributed by atoms with E-state index in [-0.39, 0.29) is 0 Å². The number of anilines is 2. The summed E-state index contributed by atoms with van der Waals surface area (Å²) in [5.41, 5.74) is 14.6. The van der Waals surface area contributed by atoms with E-state index in [0.717, 1.165) is 24.2 Å². The first-order chi connectivity index (χ1) is 6.44. The number of hydrogen-bond donors (Lipinski definition) is 2. The molecular weight excluding hydrogens is 172 g/mol. The van der Waals surface area contributed by atoms with Crippen molar-refractivity contribution >= 4 is 11.4 Å². The third-order valence-corrected chi connectivity index (χ3v) is 2.80. The van der Waals surface area contributed by atoms with Gasteiger partial charge in [0.15, 0.2) is 0 Å². The Hall–Kier alpha value is -1.18. The first-order valence-electron chi connectivity index (χ1n) is 5.08. The summed E-state index contributed by atoms with van der Waals surface area (Å²) in [6.45, 7) is 6.71. The summed E-state index contributed by atoms with van der Waals surface area (Å²) < 4.78 is 0. The van der Waals surface area contributed by atoms with Crippen LogP contribution in [0.2, 0.25) is 0 Å². The van der Waals surface area contributed by atoms with Gasteiger partial charge in [0.05, 0.1) is 0 Å². The third kappa shape index (κ3) is 2.66. The average Bonchev–Trinajstić information content (AvgIpc) is 2.10. The Kier molecular flexibility index (Phi) is 3.04. The topological polar surface area (TPSA) is 52.0 Å². The second-order valence-corrected chi connectivity index (χ2v) is 4.65. The number of rotatable bonds is 3. The summed E-state index contributed by atoms with van der Waals surface area (Å²) in [6, 6.07) is 5.78. The Bertz CT molecular complexity index is 316. The van der Waals surface area contributed by atoms with E-state index in [9.17, 15) is 0 Å². The summed E-state index contributed by atoms with van der Waals surface area (Å²) in [5.74, 6) is 0. The van der Waals surface area contributed by atoms with Crippen molar-refractivity contribution in [3.05, 3.63) is 23.8 Å². The van der Waals surface area contributed by atoms with Crippen molar-refractivity contribution in [1.29, 1.82) is 0 Å². The molecule has 14 heavy (non-hydrogen) atoms. The number of nitrogens with two attached hydrogens (primary N) is 2. The quantitative estimate of drug-likeness (QED) is 0.723. The van der Waals surface area contributed by atoms with Gasteiger partial charge in [0, 0.05) is 11.4 Å². The smallest absolute Gasteiger partial charge is 0.0367 e. The predicted octanol–water partition coefficient (Wildman–Crippen LogP) is 2.83. The Morgan fingerprint density at radius 2 is 1.86 bits per heavy atom. The third-order valence-electron chi connectivity index (χ3n) is 2.80. The van der Waals surface area contributed by atoms with Crippen molar-refractivity contribution in [3.8, 4) is 0 Å². The minimum atomic E-state index is 0.310. The monoisotopic (exact) mass is 192 g/mol. The fourth-order valence-corrected chi connectivity index (χ4v) is 1.41. The van der Waals surface area contributed by atoms with Crippen molar-refractivity contribution in [2.24, 2.45) is 5.41 Å². The predicted molar refractivity (Wildman–Crippen MR) is 63.0 cm³/mol. The molecule has 1 aromatic rings. The molecule has 4 N–H and O–H groups in total. The van der Waals surface area contributed by atoms with E-state index in [0.29, 0.717) is 5.41 Å². The van der Waals surface area contributed by atoms with Crippen LogP contribution in [0.4, 0.5) is 11.4 Å². The molecule has 0 atom stereocenters. The molecule has 0 unspecified atom stereocenters. The first-order valence-corrected chi connectivity index (χ1v) is 5.08. The van der Waals surface area contributed by atoms with Gasteiger partial charge in [-0.25, -0.2) is 0 Å². The van der Waals surface area contributed by atoms with Gasteiger partial charge in [-0.2, -0.15) is 0 Å². The highest BCUT2D eigenvalue weighted by Gasteiger charge is 2.16. The van der Waals surface area contributed by atoms with Crippen molar-refractivity contribution in [1.82, 2.24) is 0 Å². The van der Waals surface area contributed by atoms with Crippen LogP contribution in [0.25, 0.3) is 0 Å². The van der Waals surface area contributed by atoms with Gasteiger partial charge in [-0.1, -0.05) is 33.3 Å². The van der Waals surface area contributed by atoms with Gasteiger partial charge in [0.1, 0.15) is 0 Å². The van der Waals surface area contributed by atoms with Crippen LogP contribution >= 0.6 is 0 Å². The molecule has 1 aromatic carbocycles. The van der Waals surface area contributed by atoms with Crippen LogP contribution in [0.5, 0.6) is 0 Å². The summed E-state index contributed by atoms with van der Waals surface area (Å²) in [4.78, 5) is 0. The van der Waals surface area contributed by atoms with Crippen LogP contribution in [-0.2, 0) is 6.42 Å². The van der Waals surface area contributed by atoms with E-state index in [4.69, 9.17) is 11.5 Å². The highest BCUT2D eigenvalue weighted by atomic mass is 14.6. The van der Waals surface area contributed by atoms with Crippen LogP contribution in [0.1, 0.15) is 32.8 Å². The number of hydrogen-bond acceptors (Lipinski definition) is 2. The van der Waals surface area contributed by atoms with E-state index < -0.39 is 0 Å². The van der Waals surface area contributed by atoms with Gasteiger partial charge in [0.25, 0.3) is 0 Å². The second-order valence-electron chi connectivity index (χ2n) is 4.65. The molecule has 0 fully saturated rings. The molecule has 0 aliphatic carbocycles. The summed E-state index contributed by atoms with van der Waals surface area (Å²) in [6.07, 6.45) is 2.16. The van der Waals surface area contributed by atoms with Crippen LogP contribution in [-0.4, -0.2) is 0 Å². The normalized spacial score (nSPS) is 11.6. The van der Waals surface area contributed by atoms with Crippen molar-refractivity contribution in [2.45, 2.75) is 33.6 Å². The van der Waals surface area contributed by atoms with Gasteiger partial charge in [-0.3, -0.25) is 0 Å². The van der Waals surface area contributed by atoms with Gasteiger partial charge >= 0.3 is 0 Å². The zero-order chi connectivity index (χ0) is 10.8. The molecule has 0 saturated heterocycles. The second kappa shape index (κ2) is 3.91. The summed E-state index contributed by atoms with van der Waals surface area (Å²) >= 11 is 0. The molecular formula is C12H20N2. The molecule has 0 radical (unpaired) electrons. The number of nitrogen functional groups attached to an aromatic ring is 2. The van der Waals surface area contributed by atoms with E-state index in [1.807, 2.05) is 18.2 Å². The van der Waals surface area contributed by atoms with E-state index in [1.165, 1.54) is 5.56 Å². The van der Waals surface area contributed by atoms with E-state index in [2.05, 4.69) is 20.8 Å². The molecule has 2 nitrogen and oxygen atoms in total. The zero-order valence-corrected chi connectivity index (χ0v) is 9.30. The molecule has 0 aliphatic rings. The Morgan fingerprint density at radius 1 is 1.21 bits per heavy atom. The molecule has 0 bridgehead atoms. The van der Waals surface area contributed by atoms with Crippen LogP contribution in [0.15, 0.2) is 18.2 Å². The fourth-order valence-electron chi connectivity index (χ4n) is 1.41. The van der Waals surface area contributed by atoms with Gasteiger partial charge in [-0.05, 0) is 29.5 Å². The highest BCUT2D eigenvalue weighted by molar-refractivity contribution is 5.56. The molecule has 1 rings (SSSR count). The molecule has 0 saturated carbocycles. The lowest BCUT2D eigenvalue weighted by molar-refractivity contribution is 0.350. The maximum atomic E-state index is 5.90. The molecule has 0 aliphatic heterocycles. The Labute approximate surface area is 86.3 Å². The lowest BCUT2D eigenvalue weighted by Crippen LogP contribution is -2.14. The van der Waals surface area contributed by atoms with Gasteiger partial charge in [-0.15, -0.1) is 0 Å². The SMILES string of the molecule is CCC(C)(C)Cc1ccc(N)cc1N. The first kappa shape index (κ1) is 10.9. The molecule has 0 heterocycles. The molecule has 0 spiro atoms. The number of benzene rings is 1. The fraction of sp³-hybridized carbons (Fsp3) is 0.500. The summed E-state index contributed by atoms with van der Waals surface area (Å²) in [5, 5.41) is 0. The molecule has 2 heteroatoms. The molecule has 0 aromatic heterocycles. The Morgan fingerprint density at radius 3 is 2.36 bits per heavy atom. The largest absolute Gasteiger partial charge is 0.399 e. The standard InChI is InChI=1S/C12H20N2/c1-4-12(2,3)8-9-5-6-10(13)7-11(9)14/h5-7H,4,8,13-14H2,1-3H3. The van der Waals surface area contributed by atoms with Crippen molar-refractivity contribution in [2.75, 3.05) is 11.5 Å². The summed E-state index contributed by atoms with van der Waals surface area (Å²) in [7, 11) is 0. The minimum Gasteiger partial charge on any atom is -0.399 e. The van der Waals surface area contributed by atoms with E-state index in [1.54, 1.807) is 0 Å². The maximum absolute atomic E-state index is 5.90. The lowest BCUT2D eigenvalue weighted by atomic mass is 9.83. The van der Waals surface area contributed by atoms with Gasteiger partial charge in [0.2, 0.25) is 0 Å². The maximum Gasteiger partial charge on any atom is 0.0367 e. The average molecular weight is 192 g/mol. The minimum absolute atomic E-state index is 0.310. The van der Waals surface area contributed by atoms with Crippen LogP contribution in [0.3, 0.4) is 0 Å². The van der Waals surface area contributed by atoms with Crippen molar-refractivity contribution in [3.63, 3.8) is 0 Å². The lowest BCUT2D eigenvalue weighted by Gasteiger charge is -2.23. The highest BCUT2D eigenvalue weighted by Crippen LogP contribution is 2.28.